The lowest BCUT2D eigenvalue weighted by molar-refractivity contribution is -0.0312. The second kappa shape index (κ2) is 5.60. The van der Waals surface area contributed by atoms with Crippen molar-refractivity contribution in [2.75, 3.05) is 19.6 Å². The number of nitrogens with one attached hydrogen (secondary N) is 1. The number of fused-ring (bicyclic) bond motifs is 3. The number of piperidine rings is 1. The van der Waals surface area contributed by atoms with Crippen LogP contribution in [0.5, 0.6) is 0 Å². The molecule has 3 atom stereocenters. The third-order valence-corrected chi connectivity index (χ3v) is 6.07. The highest BCUT2D eigenvalue weighted by atomic mass is 16.6. The number of alkyl carbamates (subject to hydrolysis) is 1. The lowest BCUT2D eigenvalue weighted by atomic mass is 9.75. The van der Waals surface area contributed by atoms with Gasteiger partial charge in [-0.15, -0.1) is 0 Å². The van der Waals surface area contributed by atoms with Crippen molar-refractivity contribution < 1.29 is 9.53 Å². The van der Waals surface area contributed by atoms with Gasteiger partial charge in [0.2, 0.25) is 0 Å². The number of rotatable bonds is 1. The van der Waals surface area contributed by atoms with Gasteiger partial charge < -0.3 is 10.1 Å². The molecule has 3 heterocycles. The summed E-state index contributed by atoms with van der Waals surface area (Å²) in [6.07, 6.45) is 1.52. The highest BCUT2D eigenvalue weighted by Gasteiger charge is 2.49. The molecule has 0 saturated carbocycles. The van der Waals surface area contributed by atoms with Crippen LogP contribution in [0.25, 0.3) is 0 Å². The smallest absolute Gasteiger partial charge is 0.407 e. The van der Waals surface area contributed by atoms with Crippen LogP contribution in [0.3, 0.4) is 0 Å². The second-order valence-corrected chi connectivity index (χ2v) is 7.48. The van der Waals surface area contributed by atoms with Gasteiger partial charge in [0, 0.05) is 37.9 Å². The van der Waals surface area contributed by atoms with E-state index in [9.17, 15) is 4.79 Å². The molecule has 5 rings (SSSR count). The van der Waals surface area contributed by atoms with Gasteiger partial charge in [0.05, 0.1) is 6.54 Å². The summed E-state index contributed by atoms with van der Waals surface area (Å²) in [5.41, 5.74) is 3.86. The fourth-order valence-electron chi connectivity index (χ4n) is 4.80. The zero-order chi connectivity index (χ0) is 16.9. The van der Waals surface area contributed by atoms with Crippen LogP contribution in [0.1, 0.15) is 41.5 Å². The number of ether oxygens (including phenoxy) is 1. The molecule has 128 valence electrons. The van der Waals surface area contributed by atoms with Gasteiger partial charge in [-0.05, 0) is 16.7 Å². The van der Waals surface area contributed by atoms with Gasteiger partial charge in [-0.2, -0.15) is 0 Å². The van der Waals surface area contributed by atoms with Crippen LogP contribution in [0.15, 0.2) is 54.6 Å². The molecule has 1 amide bonds. The van der Waals surface area contributed by atoms with Gasteiger partial charge in [0.1, 0.15) is 5.60 Å². The van der Waals surface area contributed by atoms with Crippen molar-refractivity contribution >= 4 is 6.09 Å². The molecule has 1 N–H and O–H groups in total. The lowest BCUT2D eigenvalue weighted by Crippen LogP contribution is -2.51. The summed E-state index contributed by atoms with van der Waals surface area (Å²) in [7, 11) is 0. The third kappa shape index (κ3) is 2.44. The first-order valence-electron chi connectivity index (χ1n) is 9.09. The monoisotopic (exact) mass is 334 g/mol. The minimum Gasteiger partial charge on any atom is -0.441 e. The molecule has 2 saturated heterocycles. The van der Waals surface area contributed by atoms with E-state index in [1.54, 1.807) is 0 Å². The van der Waals surface area contributed by atoms with Crippen molar-refractivity contribution in [2.24, 2.45) is 0 Å². The minimum atomic E-state index is -0.328. The largest absolute Gasteiger partial charge is 0.441 e. The Kier molecular flexibility index (Phi) is 3.35. The molecule has 1 spiro atoms. The van der Waals surface area contributed by atoms with Crippen LogP contribution in [0.4, 0.5) is 4.79 Å². The van der Waals surface area contributed by atoms with E-state index in [0.29, 0.717) is 18.5 Å². The maximum atomic E-state index is 11.6. The molecule has 3 aliphatic heterocycles. The average molecular weight is 334 g/mol. The van der Waals surface area contributed by atoms with Gasteiger partial charge in [0.15, 0.2) is 0 Å². The first-order valence-corrected chi connectivity index (χ1v) is 9.09. The predicted molar refractivity (Wildman–Crippen MR) is 95.5 cm³/mol. The Morgan fingerprint density at radius 1 is 1.04 bits per heavy atom. The Morgan fingerprint density at radius 2 is 1.80 bits per heavy atom. The molecule has 0 bridgehead atoms. The Labute approximate surface area is 147 Å². The maximum Gasteiger partial charge on any atom is 0.407 e. The molecular formula is C21H22N2O2. The SMILES string of the molecule is O=C1NC[C@@]2(CCN3C[C@@H](c4ccccc4)c4ccccc4[C@@H]3C2)O1. The number of benzene rings is 2. The molecule has 0 unspecified atom stereocenters. The highest BCUT2D eigenvalue weighted by Crippen LogP contribution is 2.47. The Morgan fingerprint density at radius 3 is 2.56 bits per heavy atom. The summed E-state index contributed by atoms with van der Waals surface area (Å²) in [5.74, 6) is 0.409. The van der Waals surface area contributed by atoms with Gasteiger partial charge in [-0.25, -0.2) is 4.79 Å². The number of amides is 1. The number of nitrogens with zero attached hydrogens (tertiary/aromatic N) is 1. The average Bonchev–Trinajstić information content (AvgIpc) is 3.02. The van der Waals surface area contributed by atoms with Crippen LogP contribution in [0.2, 0.25) is 0 Å². The molecule has 4 nitrogen and oxygen atoms in total. The van der Waals surface area contributed by atoms with Crippen molar-refractivity contribution in [3.63, 3.8) is 0 Å². The normalized spacial score (nSPS) is 31.1. The van der Waals surface area contributed by atoms with Crippen molar-refractivity contribution in [3.8, 4) is 0 Å². The Balaban J connectivity index is 1.53. The predicted octanol–water partition coefficient (Wildman–Crippen LogP) is 3.45. The zero-order valence-electron chi connectivity index (χ0n) is 14.2. The van der Waals surface area contributed by atoms with Crippen molar-refractivity contribution in [1.29, 1.82) is 0 Å². The van der Waals surface area contributed by atoms with E-state index in [1.807, 2.05) is 0 Å². The van der Waals surface area contributed by atoms with Gasteiger partial charge in [-0.3, -0.25) is 4.90 Å². The fourth-order valence-corrected chi connectivity index (χ4v) is 4.80. The van der Waals surface area contributed by atoms with Crippen LogP contribution in [0, 0.1) is 0 Å². The summed E-state index contributed by atoms with van der Waals surface area (Å²) in [6, 6.07) is 19.9. The molecule has 2 aromatic carbocycles. The Hall–Kier alpha value is -2.33. The van der Waals surface area contributed by atoms with Crippen LogP contribution in [-0.2, 0) is 4.74 Å². The van der Waals surface area contributed by atoms with E-state index in [4.69, 9.17) is 4.74 Å². The summed E-state index contributed by atoms with van der Waals surface area (Å²) < 4.78 is 5.69. The maximum absolute atomic E-state index is 11.6. The fraction of sp³-hybridized carbons (Fsp3) is 0.381. The number of hydrogen-bond donors (Lipinski definition) is 1. The second-order valence-electron chi connectivity index (χ2n) is 7.48. The summed E-state index contributed by atoms with van der Waals surface area (Å²) in [6.45, 7) is 2.64. The van der Waals surface area contributed by atoms with Crippen LogP contribution in [-0.4, -0.2) is 36.2 Å². The van der Waals surface area contributed by atoms with Crippen molar-refractivity contribution in [3.05, 3.63) is 71.3 Å². The van der Waals surface area contributed by atoms with E-state index < -0.39 is 0 Å². The van der Waals surface area contributed by atoms with E-state index in [1.165, 1.54) is 16.7 Å². The summed E-state index contributed by atoms with van der Waals surface area (Å²) >= 11 is 0. The highest BCUT2D eigenvalue weighted by molar-refractivity contribution is 5.70. The molecule has 0 aliphatic carbocycles. The van der Waals surface area contributed by atoms with Crippen molar-refractivity contribution in [2.45, 2.75) is 30.4 Å². The molecule has 2 aromatic rings. The number of carbonyl (C=O) groups excluding carboxylic acids is 1. The van der Waals surface area contributed by atoms with Crippen LogP contribution < -0.4 is 5.32 Å². The van der Waals surface area contributed by atoms with Crippen molar-refractivity contribution in [1.82, 2.24) is 10.2 Å². The topological polar surface area (TPSA) is 41.6 Å². The lowest BCUT2D eigenvalue weighted by Gasteiger charge is -2.48. The van der Waals surface area contributed by atoms with Gasteiger partial charge in [0.25, 0.3) is 0 Å². The number of hydrogen-bond acceptors (Lipinski definition) is 3. The van der Waals surface area contributed by atoms with Crippen LogP contribution >= 0.6 is 0 Å². The molecule has 0 radical (unpaired) electrons. The summed E-state index contributed by atoms with van der Waals surface area (Å²) in [4.78, 5) is 14.2. The standard InChI is InChI=1S/C21H22N2O2/c24-20-22-14-21(25-20)10-11-23-13-18(15-6-2-1-3-7-15)16-8-4-5-9-17(16)19(23)12-21/h1-9,18-19H,10-14H2,(H,22,24)/t18-,19-,21-/m0/s1. The van der Waals surface area contributed by atoms with E-state index in [2.05, 4.69) is 64.8 Å². The summed E-state index contributed by atoms with van der Waals surface area (Å²) in [5, 5.41) is 2.85. The minimum absolute atomic E-state index is 0.264. The van der Waals surface area contributed by atoms with E-state index in [0.717, 1.165) is 25.9 Å². The van der Waals surface area contributed by atoms with E-state index >= 15 is 0 Å². The zero-order valence-corrected chi connectivity index (χ0v) is 14.2. The Bertz CT molecular complexity index is 807. The van der Waals surface area contributed by atoms with Gasteiger partial charge in [-0.1, -0.05) is 54.6 Å². The molecule has 25 heavy (non-hydrogen) atoms. The van der Waals surface area contributed by atoms with Gasteiger partial charge >= 0.3 is 6.09 Å². The third-order valence-electron chi connectivity index (χ3n) is 6.07. The molecule has 4 heteroatoms. The first-order chi connectivity index (χ1) is 12.2. The quantitative estimate of drug-likeness (QED) is 0.868. The first kappa shape index (κ1) is 15.0. The molecule has 0 aromatic heterocycles. The molecular weight excluding hydrogens is 312 g/mol. The molecule has 2 fully saturated rings. The van der Waals surface area contributed by atoms with E-state index in [-0.39, 0.29) is 11.7 Å². The molecule has 3 aliphatic rings. The number of carbonyl (C=O) groups is 1.